The Balaban J connectivity index is 1.75. The molecule has 0 aliphatic rings. The van der Waals surface area contributed by atoms with Gasteiger partial charge in [0.25, 0.3) is 5.91 Å². The number of amides is 1. The number of phenols is 1. The lowest BCUT2D eigenvalue weighted by molar-refractivity contribution is -0.140. The third kappa shape index (κ3) is 5.61. The van der Waals surface area contributed by atoms with Crippen LogP contribution in [0.15, 0.2) is 33.5 Å². The van der Waals surface area contributed by atoms with Crippen molar-refractivity contribution >= 4 is 22.8 Å². The first-order valence-electron chi connectivity index (χ1n) is 8.63. The van der Waals surface area contributed by atoms with E-state index in [0.29, 0.717) is 18.4 Å². The first-order chi connectivity index (χ1) is 12.5. The van der Waals surface area contributed by atoms with Crippen molar-refractivity contribution in [1.29, 1.82) is 0 Å². The lowest BCUT2D eigenvalue weighted by Gasteiger charge is -2.08. The second kappa shape index (κ2) is 9.60. The van der Waals surface area contributed by atoms with Gasteiger partial charge in [0.2, 0.25) is 0 Å². The van der Waals surface area contributed by atoms with E-state index in [1.54, 1.807) is 6.07 Å². The number of methoxy groups -OCH3 is 1. The third-order valence-corrected chi connectivity index (χ3v) is 4.05. The summed E-state index contributed by atoms with van der Waals surface area (Å²) in [5.41, 5.74) is -0.136. The number of benzene rings is 1. The van der Waals surface area contributed by atoms with Crippen LogP contribution in [0.4, 0.5) is 0 Å². The summed E-state index contributed by atoms with van der Waals surface area (Å²) in [7, 11) is 1.38. The molecule has 0 saturated heterocycles. The minimum absolute atomic E-state index is 0.143. The molecule has 0 unspecified atom stereocenters. The second-order valence-electron chi connectivity index (χ2n) is 6.01. The molecule has 7 heteroatoms. The number of phenolic OH excluding ortho intramolecular Hbond substituents is 1. The Morgan fingerprint density at radius 2 is 1.85 bits per heavy atom. The Kier molecular flexibility index (Phi) is 7.20. The molecule has 2 N–H and O–H groups in total. The molecule has 1 heterocycles. The molecule has 1 aromatic heterocycles. The van der Waals surface area contributed by atoms with Crippen LogP contribution in [0.2, 0.25) is 0 Å². The molecule has 0 atom stereocenters. The van der Waals surface area contributed by atoms with E-state index in [4.69, 9.17) is 4.42 Å². The highest BCUT2D eigenvalue weighted by Gasteiger charge is 2.13. The monoisotopic (exact) mass is 361 g/mol. The van der Waals surface area contributed by atoms with Crippen molar-refractivity contribution in [1.82, 2.24) is 5.32 Å². The van der Waals surface area contributed by atoms with Crippen LogP contribution in [0.5, 0.6) is 5.75 Å². The molecule has 0 aliphatic carbocycles. The number of hydrogen-bond acceptors (Lipinski definition) is 6. The molecule has 0 radical (unpaired) electrons. The lowest BCUT2D eigenvalue weighted by Crippen LogP contribution is -2.24. The van der Waals surface area contributed by atoms with Gasteiger partial charge in [0, 0.05) is 30.5 Å². The number of esters is 1. The first-order valence-corrected chi connectivity index (χ1v) is 8.63. The SMILES string of the molecule is COC(=O)CCCCCCCNC(=O)c1cc2ccc(=O)oc2cc1O. The zero-order valence-electron chi connectivity index (χ0n) is 14.7. The topological polar surface area (TPSA) is 106 Å². The maximum Gasteiger partial charge on any atom is 0.336 e. The molecular formula is C19H23NO6. The highest BCUT2D eigenvalue weighted by atomic mass is 16.5. The number of aromatic hydroxyl groups is 1. The van der Waals surface area contributed by atoms with Crippen LogP contribution >= 0.6 is 0 Å². The van der Waals surface area contributed by atoms with Crippen molar-refractivity contribution in [3.8, 4) is 5.75 Å². The van der Waals surface area contributed by atoms with E-state index in [2.05, 4.69) is 10.1 Å². The van der Waals surface area contributed by atoms with Gasteiger partial charge in [-0.3, -0.25) is 9.59 Å². The summed E-state index contributed by atoms with van der Waals surface area (Å²) in [6.07, 6.45) is 4.92. The van der Waals surface area contributed by atoms with E-state index in [-0.39, 0.29) is 28.8 Å². The van der Waals surface area contributed by atoms with Gasteiger partial charge in [0.05, 0.1) is 12.7 Å². The van der Waals surface area contributed by atoms with Crippen molar-refractivity contribution < 1.29 is 23.8 Å². The van der Waals surface area contributed by atoms with Crippen LogP contribution in [-0.4, -0.2) is 30.6 Å². The highest BCUT2D eigenvalue weighted by molar-refractivity contribution is 6.00. The van der Waals surface area contributed by atoms with Crippen molar-refractivity contribution in [3.63, 3.8) is 0 Å². The Morgan fingerprint density at radius 3 is 2.62 bits per heavy atom. The maximum atomic E-state index is 12.2. The summed E-state index contributed by atoms with van der Waals surface area (Å²) >= 11 is 0. The van der Waals surface area contributed by atoms with Gasteiger partial charge < -0.3 is 19.6 Å². The van der Waals surface area contributed by atoms with Gasteiger partial charge in [-0.1, -0.05) is 19.3 Å². The maximum absolute atomic E-state index is 12.2. The highest BCUT2D eigenvalue weighted by Crippen LogP contribution is 2.24. The number of ether oxygens (including phenoxy) is 1. The molecule has 0 bridgehead atoms. The van der Waals surface area contributed by atoms with Crippen molar-refractivity contribution in [2.45, 2.75) is 38.5 Å². The molecule has 2 rings (SSSR count). The van der Waals surface area contributed by atoms with E-state index < -0.39 is 5.63 Å². The van der Waals surface area contributed by atoms with Gasteiger partial charge in [-0.25, -0.2) is 4.79 Å². The largest absolute Gasteiger partial charge is 0.507 e. The normalized spacial score (nSPS) is 10.7. The summed E-state index contributed by atoms with van der Waals surface area (Å²) in [5, 5.41) is 13.3. The third-order valence-electron chi connectivity index (χ3n) is 4.05. The average molecular weight is 361 g/mol. The van der Waals surface area contributed by atoms with E-state index in [0.717, 1.165) is 32.1 Å². The standard InChI is InChI=1S/C19H23NO6/c1-25-17(22)7-5-3-2-4-6-10-20-19(24)14-11-13-8-9-18(23)26-16(13)12-15(14)21/h8-9,11-12,21H,2-7,10H2,1H3,(H,20,24). The lowest BCUT2D eigenvalue weighted by atomic mass is 10.1. The van der Waals surface area contributed by atoms with E-state index in [9.17, 15) is 19.5 Å². The molecule has 1 aromatic carbocycles. The van der Waals surface area contributed by atoms with Crippen LogP contribution in [0.25, 0.3) is 11.0 Å². The molecule has 0 spiro atoms. The number of carbonyl (C=O) groups excluding carboxylic acids is 2. The van der Waals surface area contributed by atoms with E-state index in [1.165, 1.54) is 25.3 Å². The molecule has 26 heavy (non-hydrogen) atoms. The first kappa shape index (κ1) is 19.5. The second-order valence-corrected chi connectivity index (χ2v) is 6.01. The minimum Gasteiger partial charge on any atom is -0.507 e. The zero-order valence-corrected chi connectivity index (χ0v) is 14.7. The fourth-order valence-corrected chi connectivity index (χ4v) is 2.61. The van der Waals surface area contributed by atoms with Gasteiger partial charge in [-0.05, 0) is 25.0 Å². The average Bonchev–Trinajstić information content (AvgIpc) is 2.62. The molecule has 0 saturated carbocycles. The molecule has 2 aromatic rings. The molecule has 0 aliphatic heterocycles. The summed E-state index contributed by atoms with van der Waals surface area (Å²) < 4.78 is 9.55. The van der Waals surface area contributed by atoms with Crippen LogP contribution < -0.4 is 10.9 Å². The summed E-state index contributed by atoms with van der Waals surface area (Å²) in [4.78, 5) is 34.4. The summed E-state index contributed by atoms with van der Waals surface area (Å²) in [5.74, 6) is -0.791. The number of carbonyl (C=O) groups is 2. The number of rotatable bonds is 9. The number of fused-ring (bicyclic) bond motifs is 1. The van der Waals surface area contributed by atoms with Crippen LogP contribution in [0.1, 0.15) is 48.9 Å². The Hall–Kier alpha value is -2.83. The molecule has 7 nitrogen and oxygen atoms in total. The van der Waals surface area contributed by atoms with Crippen LogP contribution in [0, 0.1) is 0 Å². The van der Waals surface area contributed by atoms with Crippen molar-refractivity contribution in [2.24, 2.45) is 0 Å². The quantitative estimate of drug-likeness (QED) is 0.404. The Morgan fingerprint density at radius 1 is 1.12 bits per heavy atom. The predicted molar refractivity (Wildman–Crippen MR) is 96.2 cm³/mol. The minimum atomic E-state index is -0.513. The number of unbranched alkanes of at least 4 members (excludes halogenated alkanes) is 4. The van der Waals surface area contributed by atoms with Crippen LogP contribution in [0.3, 0.4) is 0 Å². The van der Waals surface area contributed by atoms with E-state index in [1.807, 2.05) is 0 Å². The zero-order chi connectivity index (χ0) is 18.9. The molecular weight excluding hydrogens is 338 g/mol. The Labute approximate surface area is 151 Å². The van der Waals surface area contributed by atoms with Crippen LogP contribution in [-0.2, 0) is 9.53 Å². The van der Waals surface area contributed by atoms with Gasteiger partial charge in [0.1, 0.15) is 11.3 Å². The summed E-state index contributed by atoms with van der Waals surface area (Å²) in [6, 6.07) is 5.58. The molecule has 1 amide bonds. The van der Waals surface area contributed by atoms with Gasteiger partial charge in [-0.15, -0.1) is 0 Å². The summed E-state index contributed by atoms with van der Waals surface area (Å²) in [6.45, 7) is 0.497. The van der Waals surface area contributed by atoms with Crippen molar-refractivity contribution in [2.75, 3.05) is 13.7 Å². The molecule has 140 valence electrons. The predicted octanol–water partition coefficient (Wildman–Crippen LogP) is 2.74. The van der Waals surface area contributed by atoms with Crippen molar-refractivity contribution in [3.05, 3.63) is 40.2 Å². The van der Waals surface area contributed by atoms with E-state index >= 15 is 0 Å². The Bertz CT molecular complexity index is 826. The van der Waals surface area contributed by atoms with Gasteiger partial charge >= 0.3 is 11.6 Å². The number of nitrogens with one attached hydrogen (secondary N) is 1. The van der Waals surface area contributed by atoms with Gasteiger partial charge in [-0.2, -0.15) is 0 Å². The van der Waals surface area contributed by atoms with Gasteiger partial charge in [0.15, 0.2) is 0 Å². The fourth-order valence-electron chi connectivity index (χ4n) is 2.61. The smallest absolute Gasteiger partial charge is 0.336 e. The number of hydrogen-bond donors (Lipinski definition) is 2. The fraction of sp³-hybridized carbons (Fsp3) is 0.421. The molecule has 0 fully saturated rings.